The van der Waals surface area contributed by atoms with Gasteiger partial charge in [0.05, 0.1) is 6.04 Å². The van der Waals surface area contributed by atoms with Crippen molar-refractivity contribution in [1.29, 1.82) is 0 Å². The number of aryl methyl sites for hydroxylation is 1. The number of carbonyl (C=O) groups excluding carboxylic acids is 1. The first-order valence-electron chi connectivity index (χ1n) is 9.44. The second-order valence-electron chi connectivity index (χ2n) is 7.45. The Balaban J connectivity index is 1.64. The van der Waals surface area contributed by atoms with Crippen molar-refractivity contribution < 1.29 is 4.79 Å². The summed E-state index contributed by atoms with van der Waals surface area (Å²) in [5.74, 6) is 1.22. The molecule has 0 radical (unpaired) electrons. The van der Waals surface area contributed by atoms with E-state index in [9.17, 15) is 4.79 Å². The largest absolute Gasteiger partial charge is 0.328 e. The van der Waals surface area contributed by atoms with E-state index in [2.05, 4.69) is 47.2 Å². The third-order valence-electron chi connectivity index (χ3n) is 5.05. The van der Waals surface area contributed by atoms with Crippen LogP contribution in [0.25, 0.3) is 16.9 Å². The standard InChI is InChI=1S/C22H23N5O/c1-15(2)20-5-4-10-27(20)22(28)18-8-6-17(7-9-18)19-11-16(3)12-23-21(19)26-13-24-25-14-26/h4-9,11-15,20H,10H2,1-3H3/t20-/m0/s1. The molecule has 2 aromatic heterocycles. The van der Waals surface area contributed by atoms with Crippen molar-refractivity contribution in [1.82, 2.24) is 24.6 Å². The number of hydrogen-bond acceptors (Lipinski definition) is 4. The van der Waals surface area contributed by atoms with E-state index < -0.39 is 0 Å². The molecule has 4 rings (SSSR count). The van der Waals surface area contributed by atoms with Gasteiger partial charge in [0, 0.05) is 23.9 Å². The molecule has 142 valence electrons. The van der Waals surface area contributed by atoms with Gasteiger partial charge in [-0.25, -0.2) is 4.98 Å². The molecule has 1 aliphatic rings. The van der Waals surface area contributed by atoms with Crippen LogP contribution >= 0.6 is 0 Å². The SMILES string of the molecule is Cc1cnc(-n2cnnc2)c(-c2ccc(C(=O)N3CC=C[C@H]3C(C)C)cc2)c1. The van der Waals surface area contributed by atoms with E-state index in [1.807, 2.05) is 42.3 Å². The molecule has 0 unspecified atom stereocenters. The van der Waals surface area contributed by atoms with E-state index >= 15 is 0 Å². The molecule has 0 aliphatic carbocycles. The predicted octanol–water partition coefficient (Wildman–Crippen LogP) is 3.67. The molecular formula is C22H23N5O. The van der Waals surface area contributed by atoms with E-state index in [1.54, 1.807) is 17.2 Å². The summed E-state index contributed by atoms with van der Waals surface area (Å²) in [5, 5.41) is 7.75. The lowest BCUT2D eigenvalue weighted by Crippen LogP contribution is -2.38. The Labute approximate surface area is 164 Å². The van der Waals surface area contributed by atoms with Gasteiger partial charge >= 0.3 is 0 Å². The summed E-state index contributed by atoms with van der Waals surface area (Å²) in [6, 6.07) is 9.99. The number of benzene rings is 1. The summed E-state index contributed by atoms with van der Waals surface area (Å²) < 4.78 is 1.79. The monoisotopic (exact) mass is 373 g/mol. The van der Waals surface area contributed by atoms with E-state index in [4.69, 9.17) is 0 Å². The van der Waals surface area contributed by atoms with E-state index in [0.29, 0.717) is 18.0 Å². The average Bonchev–Trinajstić information content (AvgIpc) is 3.39. The first-order chi connectivity index (χ1) is 13.5. The van der Waals surface area contributed by atoms with Gasteiger partial charge in [-0.15, -0.1) is 10.2 Å². The van der Waals surface area contributed by atoms with Gasteiger partial charge in [-0.3, -0.25) is 9.36 Å². The van der Waals surface area contributed by atoms with Gasteiger partial charge in [-0.05, 0) is 42.2 Å². The molecule has 0 spiro atoms. The van der Waals surface area contributed by atoms with Crippen LogP contribution < -0.4 is 0 Å². The number of carbonyl (C=O) groups is 1. The van der Waals surface area contributed by atoms with Crippen molar-refractivity contribution in [2.45, 2.75) is 26.8 Å². The third kappa shape index (κ3) is 3.33. The van der Waals surface area contributed by atoms with E-state index in [-0.39, 0.29) is 11.9 Å². The summed E-state index contributed by atoms with van der Waals surface area (Å²) >= 11 is 0. The maximum atomic E-state index is 13.0. The highest BCUT2D eigenvalue weighted by Crippen LogP contribution is 2.27. The summed E-state index contributed by atoms with van der Waals surface area (Å²) in [6.07, 6.45) is 9.28. The number of hydrogen-bond donors (Lipinski definition) is 0. The number of nitrogens with zero attached hydrogens (tertiary/aromatic N) is 5. The normalized spacial score (nSPS) is 16.1. The Kier molecular flexibility index (Phi) is 4.77. The lowest BCUT2D eigenvalue weighted by atomic mass is 10.0. The molecule has 6 heteroatoms. The maximum Gasteiger partial charge on any atom is 0.254 e. The molecule has 1 aromatic carbocycles. The zero-order chi connectivity index (χ0) is 19.7. The van der Waals surface area contributed by atoms with Crippen LogP contribution in [-0.2, 0) is 0 Å². The van der Waals surface area contributed by atoms with Gasteiger partial charge in [0.2, 0.25) is 0 Å². The van der Waals surface area contributed by atoms with Gasteiger partial charge < -0.3 is 4.90 Å². The number of aromatic nitrogens is 4. The number of amides is 1. The van der Waals surface area contributed by atoms with Crippen molar-refractivity contribution in [3.05, 3.63) is 72.5 Å². The van der Waals surface area contributed by atoms with Crippen molar-refractivity contribution in [3.63, 3.8) is 0 Å². The second-order valence-corrected chi connectivity index (χ2v) is 7.45. The summed E-state index contributed by atoms with van der Waals surface area (Å²) in [7, 11) is 0. The molecule has 0 fully saturated rings. The van der Waals surface area contributed by atoms with E-state index in [0.717, 1.165) is 22.5 Å². The Bertz CT molecular complexity index is 1010. The Hall–Kier alpha value is -3.28. The molecule has 28 heavy (non-hydrogen) atoms. The molecule has 0 N–H and O–H groups in total. The zero-order valence-corrected chi connectivity index (χ0v) is 16.3. The summed E-state index contributed by atoms with van der Waals surface area (Å²) in [4.78, 5) is 19.4. The minimum atomic E-state index is 0.0663. The smallest absolute Gasteiger partial charge is 0.254 e. The molecule has 0 saturated carbocycles. The Morgan fingerprint density at radius 2 is 1.86 bits per heavy atom. The molecule has 3 heterocycles. The highest BCUT2D eigenvalue weighted by Gasteiger charge is 2.27. The quantitative estimate of drug-likeness (QED) is 0.655. The Morgan fingerprint density at radius 1 is 1.14 bits per heavy atom. The molecular weight excluding hydrogens is 350 g/mol. The minimum Gasteiger partial charge on any atom is -0.328 e. The van der Waals surface area contributed by atoms with Crippen molar-refractivity contribution >= 4 is 5.91 Å². The van der Waals surface area contributed by atoms with Gasteiger partial charge in [0.1, 0.15) is 18.5 Å². The minimum absolute atomic E-state index is 0.0663. The van der Waals surface area contributed by atoms with E-state index in [1.165, 1.54) is 0 Å². The van der Waals surface area contributed by atoms with Crippen LogP contribution in [0.4, 0.5) is 0 Å². The van der Waals surface area contributed by atoms with Gasteiger partial charge in [-0.1, -0.05) is 38.1 Å². The third-order valence-corrected chi connectivity index (χ3v) is 5.05. The maximum absolute atomic E-state index is 13.0. The van der Waals surface area contributed by atoms with Crippen molar-refractivity contribution in [2.24, 2.45) is 5.92 Å². The first kappa shape index (κ1) is 18.1. The van der Waals surface area contributed by atoms with Crippen molar-refractivity contribution in [3.8, 4) is 16.9 Å². The van der Waals surface area contributed by atoms with Crippen LogP contribution in [0.2, 0.25) is 0 Å². The molecule has 1 atom stereocenters. The van der Waals surface area contributed by atoms with Gasteiger partial charge in [0.15, 0.2) is 0 Å². The zero-order valence-electron chi connectivity index (χ0n) is 16.3. The van der Waals surface area contributed by atoms with Crippen LogP contribution in [0.5, 0.6) is 0 Å². The van der Waals surface area contributed by atoms with Crippen LogP contribution in [0, 0.1) is 12.8 Å². The van der Waals surface area contributed by atoms with Crippen LogP contribution in [-0.4, -0.2) is 43.1 Å². The molecule has 6 nitrogen and oxygen atoms in total. The van der Waals surface area contributed by atoms with Crippen LogP contribution in [0.3, 0.4) is 0 Å². The average molecular weight is 373 g/mol. The summed E-state index contributed by atoms with van der Waals surface area (Å²) in [5.41, 5.74) is 3.73. The fraction of sp³-hybridized carbons (Fsp3) is 0.273. The molecule has 0 bridgehead atoms. The lowest BCUT2D eigenvalue weighted by Gasteiger charge is -2.27. The fourth-order valence-electron chi connectivity index (χ4n) is 3.59. The molecule has 1 aliphatic heterocycles. The lowest BCUT2D eigenvalue weighted by molar-refractivity contribution is 0.0720. The van der Waals surface area contributed by atoms with Crippen molar-refractivity contribution in [2.75, 3.05) is 6.54 Å². The van der Waals surface area contributed by atoms with Gasteiger partial charge in [-0.2, -0.15) is 0 Å². The molecule has 0 saturated heterocycles. The Morgan fingerprint density at radius 3 is 2.54 bits per heavy atom. The first-order valence-corrected chi connectivity index (χ1v) is 9.44. The predicted molar refractivity (Wildman–Crippen MR) is 108 cm³/mol. The fourth-order valence-corrected chi connectivity index (χ4v) is 3.59. The topological polar surface area (TPSA) is 63.9 Å². The second kappa shape index (κ2) is 7.38. The number of pyridine rings is 1. The highest BCUT2D eigenvalue weighted by atomic mass is 16.2. The van der Waals surface area contributed by atoms with Crippen LogP contribution in [0.15, 0.2) is 61.3 Å². The van der Waals surface area contributed by atoms with Gasteiger partial charge in [0.25, 0.3) is 5.91 Å². The number of rotatable bonds is 4. The molecule has 3 aromatic rings. The molecule has 1 amide bonds. The highest BCUT2D eigenvalue weighted by molar-refractivity contribution is 5.95. The summed E-state index contributed by atoms with van der Waals surface area (Å²) in [6.45, 7) is 6.96. The van der Waals surface area contributed by atoms with Crippen LogP contribution in [0.1, 0.15) is 29.8 Å².